The summed E-state index contributed by atoms with van der Waals surface area (Å²) < 4.78 is 4.69. The Labute approximate surface area is 123 Å². The Morgan fingerprint density at radius 2 is 2.05 bits per heavy atom. The fourth-order valence-corrected chi connectivity index (χ4v) is 2.13. The number of hydrogen-bond donors (Lipinski definition) is 2. The third kappa shape index (κ3) is 5.13. The molecule has 0 aliphatic heterocycles. The highest BCUT2D eigenvalue weighted by molar-refractivity contribution is 7.98. The van der Waals surface area contributed by atoms with E-state index in [0.717, 1.165) is 17.0 Å². The lowest BCUT2D eigenvalue weighted by Crippen LogP contribution is -2.44. The number of aryl methyl sites for hydroxylation is 1. The van der Waals surface area contributed by atoms with E-state index < -0.39 is 18.0 Å². The van der Waals surface area contributed by atoms with E-state index in [2.05, 4.69) is 10.6 Å². The molecule has 1 aromatic carbocycles. The zero-order valence-electron chi connectivity index (χ0n) is 11.9. The molecule has 1 atom stereocenters. The van der Waals surface area contributed by atoms with Gasteiger partial charge in [0.1, 0.15) is 6.04 Å². The molecule has 0 aliphatic carbocycles. The fraction of sp³-hybridized carbons (Fsp3) is 0.429. The normalized spacial score (nSPS) is 11.6. The molecule has 0 saturated heterocycles. The Morgan fingerprint density at radius 3 is 2.65 bits per heavy atom. The number of para-hydroxylation sites is 1. The Hall–Kier alpha value is -1.69. The first kappa shape index (κ1) is 16.4. The topological polar surface area (TPSA) is 67.4 Å². The fourth-order valence-electron chi connectivity index (χ4n) is 1.66. The first-order valence-electron chi connectivity index (χ1n) is 6.28. The maximum atomic E-state index is 11.9. The van der Waals surface area contributed by atoms with E-state index in [1.165, 1.54) is 7.11 Å². The standard InChI is InChI=1S/C14H20N2O3S/c1-10-6-4-5-7-11(10)15-14(18)16-12(8-9-20-3)13(17)19-2/h4-7,12H,8-9H2,1-3H3,(H2,15,16,18)/t12-/m0/s1. The van der Waals surface area contributed by atoms with Gasteiger partial charge in [-0.2, -0.15) is 11.8 Å². The number of urea groups is 1. The maximum absolute atomic E-state index is 11.9. The van der Waals surface area contributed by atoms with Crippen LogP contribution in [0.4, 0.5) is 10.5 Å². The van der Waals surface area contributed by atoms with Gasteiger partial charge in [0.15, 0.2) is 0 Å². The van der Waals surface area contributed by atoms with E-state index in [1.54, 1.807) is 11.8 Å². The van der Waals surface area contributed by atoms with Gasteiger partial charge < -0.3 is 15.4 Å². The predicted molar refractivity (Wildman–Crippen MR) is 82.1 cm³/mol. The predicted octanol–water partition coefficient (Wildman–Crippen LogP) is 2.41. The second-order valence-electron chi connectivity index (χ2n) is 4.27. The summed E-state index contributed by atoms with van der Waals surface area (Å²) in [5.41, 5.74) is 1.68. The highest BCUT2D eigenvalue weighted by Gasteiger charge is 2.21. The first-order valence-corrected chi connectivity index (χ1v) is 7.67. The molecule has 0 spiro atoms. The van der Waals surface area contributed by atoms with E-state index in [9.17, 15) is 9.59 Å². The van der Waals surface area contributed by atoms with Crippen LogP contribution in [0.15, 0.2) is 24.3 Å². The van der Waals surface area contributed by atoms with E-state index in [1.807, 2.05) is 37.4 Å². The lowest BCUT2D eigenvalue weighted by Gasteiger charge is -2.17. The molecule has 0 bridgehead atoms. The van der Waals surface area contributed by atoms with Crippen LogP contribution in [-0.2, 0) is 9.53 Å². The van der Waals surface area contributed by atoms with Crippen molar-refractivity contribution in [2.75, 3.05) is 24.4 Å². The number of amides is 2. The quantitative estimate of drug-likeness (QED) is 0.791. The molecule has 2 amide bonds. The van der Waals surface area contributed by atoms with E-state index in [4.69, 9.17) is 4.74 Å². The monoisotopic (exact) mass is 296 g/mol. The van der Waals surface area contributed by atoms with Crippen molar-refractivity contribution < 1.29 is 14.3 Å². The van der Waals surface area contributed by atoms with Gasteiger partial charge in [-0.15, -0.1) is 0 Å². The highest BCUT2D eigenvalue weighted by atomic mass is 32.2. The SMILES string of the molecule is COC(=O)[C@H](CCSC)NC(=O)Nc1ccccc1C. The van der Waals surface area contributed by atoms with Crippen molar-refractivity contribution in [2.45, 2.75) is 19.4 Å². The molecular formula is C14H20N2O3S. The van der Waals surface area contributed by atoms with Crippen molar-refractivity contribution in [3.63, 3.8) is 0 Å². The minimum absolute atomic E-state index is 0.407. The number of carbonyl (C=O) groups is 2. The number of carbonyl (C=O) groups excluding carboxylic acids is 2. The molecule has 0 saturated carbocycles. The molecule has 6 heteroatoms. The van der Waals surface area contributed by atoms with Gasteiger partial charge in [0.2, 0.25) is 0 Å². The lowest BCUT2D eigenvalue weighted by atomic mass is 10.2. The van der Waals surface area contributed by atoms with Crippen LogP contribution in [0.5, 0.6) is 0 Å². The molecule has 0 aliphatic rings. The first-order chi connectivity index (χ1) is 9.58. The van der Waals surface area contributed by atoms with E-state index >= 15 is 0 Å². The number of hydrogen-bond acceptors (Lipinski definition) is 4. The van der Waals surface area contributed by atoms with Gasteiger partial charge in [0.25, 0.3) is 0 Å². The number of benzene rings is 1. The van der Waals surface area contributed by atoms with Crippen LogP contribution in [0.25, 0.3) is 0 Å². The molecule has 5 nitrogen and oxygen atoms in total. The van der Waals surface area contributed by atoms with Gasteiger partial charge in [0.05, 0.1) is 7.11 Å². The highest BCUT2D eigenvalue weighted by Crippen LogP contribution is 2.13. The Morgan fingerprint density at radius 1 is 1.35 bits per heavy atom. The molecule has 1 aromatic rings. The Bertz CT molecular complexity index is 465. The largest absolute Gasteiger partial charge is 0.467 e. The van der Waals surface area contributed by atoms with Crippen LogP contribution in [0.1, 0.15) is 12.0 Å². The van der Waals surface area contributed by atoms with Gasteiger partial charge in [-0.25, -0.2) is 9.59 Å². The zero-order valence-corrected chi connectivity index (χ0v) is 12.8. The van der Waals surface area contributed by atoms with Crippen molar-refractivity contribution in [2.24, 2.45) is 0 Å². The summed E-state index contributed by atoms with van der Waals surface area (Å²) in [6, 6.07) is 6.42. The number of esters is 1. The third-order valence-corrected chi connectivity index (χ3v) is 3.44. The number of rotatable bonds is 6. The number of nitrogens with one attached hydrogen (secondary N) is 2. The average Bonchev–Trinajstić information content (AvgIpc) is 2.45. The summed E-state index contributed by atoms with van der Waals surface area (Å²) in [6.07, 6.45) is 2.48. The zero-order chi connectivity index (χ0) is 15.0. The van der Waals surface area contributed by atoms with Crippen molar-refractivity contribution in [3.8, 4) is 0 Å². The Kier molecular flexibility index (Phi) is 6.93. The molecule has 0 heterocycles. The minimum atomic E-state index is -0.628. The van der Waals surface area contributed by atoms with Gasteiger partial charge in [-0.1, -0.05) is 18.2 Å². The van der Waals surface area contributed by atoms with E-state index in [-0.39, 0.29) is 0 Å². The molecular weight excluding hydrogens is 276 g/mol. The summed E-state index contributed by atoms with van der Waals surface area (Å²) >= 11 is 1.61. The molecule has 20 heavy (non-hydrogen) atoms. The van der Waals surface area contributed by atoms with Crippen LogP contribution in [0, 0.1) is 6.92 Å². The van der Waals surface area contributed by atoms with Gasteiger partial charge >= 0.3 is 12.0 Å². The van der Waals surface area contributed by atoms with Crippen LogP contribution >= 0.6 is 11.8 Å². The smallest absolute Gasteiger partial charge is 0.328 e. The second-order valence-corrected chi connectivity index (χ2v) is 5.26. The average molecular weight is 296 g/mol. The number of thioether (sulfide) groups is 1. The second kappa shape index (κ2) is 8.47. The molecule has 1 rings (SSSR count). The summed E-state index contributed by atoms with van der Waals surface area (Å²) in [5, 5.41) is 5.37. The lowest BCUT2D eigenvalue weighted by molar-refractivity contribution is -0.142. The summed E-state index contributed by atoms with van der Waals surface area (Å²) in [7, 11) is 1.31. The van der Waals surface area contributed by atoms with Crippen molar-refractivity contribution in [1.82, 2.24) is 5.32 Å². The van der Waals surface area contributed by atoms with Crippen molar-refractivity contribution in [3.05, 3.63) is 29.8 Å². The molecule has 0 aromatic heterocycles. The van der Waals surface area contributed by atoms with Gasteiger partial charge in [0, 0.05) is 5.69 Å². The maximum Gasteiger partial charge on any atom is 0.328 e. The summed E-state index contributed by atoms with van der Waals surface area (Å²) in [5.74, 6) is 0.337. The summed E-state index contributed by atoms with van der Waals surface area (Å²) in [4.78, 5) is 23.5. The van der Waals surface area contributed by atoms with Crippen molar-refractivity contribution in [1.29, 1.82) is 0 Å². The van der Waals surface area contributed by atoms with Crippen LogP contribution in [0.2, 0.25) is 0 Å². The molecule has 0 fully saturated rings. The number of methoxy groups -OCH3 is 1. The molecule has 0 radical (unpaired) electrons. The Balaban J connectivity index is 2.61. The molecule has 0 unspecified atom stereocenters. The molecule has 2 N–H and O–H groups in total. The van der Waals surface area contributed by atoms with E-state index in [0.29, 0.717) is 6.42 Å². The number of ether oxygens (including phenoxy) is 1. The van der Waals surface area contributed by atoms with Crippen LogP contribution in [-0.4, -0.2) is 37.2 Å². The van der Waals surface area contributed by atoms with Crippen molar-refractivity contribution >= 4 is 29.4 Å². The third-order valence-electron chi connectivity index (χ3n) is 2.79. The van der Waals surface area contributed by atoms with Crippen LogP contribution < -0.4 is 10.6 Å². The summed E-state index contributed by atoms with van der Waals surface area (Å²) in [6.45, 7) is 1.90. The number of anilines is 1. The van der Waals surface area contributed by atoms with Gasteiger partial charge in [-0.05, 0) is 37.0 Å². The van der Waals surface area contributed by atoms with Crippen LogP contribution in [0.3, 0.4) is 0 Å². The minimum Gasteiger partial charge on any atom is -0.467 e. The molecule has 110 valence electrons. The van der Waals surface area contributed by atoms with Gasteiger partial charge in [-0.3, -0.25) is 0 Å².